The van der Waals surface area contributed by atoms with E-state index in [-0.39, 0.29) is 17.9 Å². The van der Waals surface area contributed by atoms with E-state index < -0.39 is 28.1 Å². The van der Waals surface area contributed by atoms with Gasteiger partial charge in [0.1, 0.15) is 10.9 Å². The Morgan fingerprint density at radius 1 is 1.61 bits per heavy atom. The van der Waals surface area contributed by atoms with E-state index in [1.165, 1.54) is 6.92 Å². The Morgan fingerprint density at radius 2 is 2.28 bits per heavy atom. The van der Waals surface area contributed by atoms with Crippen LogP contribution in [0.5, 0.6) is 0 Å². The van der Waals surface area contributed by atoms with E-state index in [1.54, 1.807) is 0 Å². The summed E-state index contributed by atoms with van der Waals surface area (Å²) in [6.45, 7) is 1.31. The van der Waals surface area contributed by atoms with Crippen molar-refractivity contribution in [3.63, 3.8) is 0 Å². The molecule has 9 heteroatoms. The van der Waals surface area contributed by atoms with E-state index in [0.717, 1.165) is 10.5 Å². The fourth-order valence-electron chi connectivity index (χ4n) is 2.00. The van der Waals surface area contributed by atoms with Crippen LogP contribution in [0.4, 0.5) is 0 Å². The second-order valence-corrected chi connectivity index (χ2v) is 6.04. The highest BCUT2D eigenvalue weighted by atomic mass is 32.2. The van der Waals surface area contributed by atoms with E-state index in [9.17, 15) is 18.3 Å². The molecule has 0 amide bonds. The third kappa shape index (κ3) is 2.00. The van der Waals surface area contributed by atoms with Gasteiger partial charge in [-0.2, -0.15) is 9.40 Å². The summed E-state index contributed by atoms with van der Waals surface area (Å²) in [6.07, 6.45) is 0.0628. The van der Waals surface area contributed by atoms with Crippen molar-refractivity contribution in [3.05, 3.63) is 11.9 Å². The molecule has 1 fully saturated rings. The molecule has 0 spiro atoms. The van der Waals surface area contributed by atoms with Crippen molar-refractivity contribution in [3.8, 4) is 0 Å². The number of aromatic amines is 1. The number of nitrogens with one attached hydrogen (secondary N) is 1. The first-order chi connectivity index (χ1) is 8.34. The summed E-state index contributed by atoms with van der Waals surface area (Å²) < 4.78 is 25.3. The molecule has 1 aromatic heterocycles. The summed E-state index contributed by atoms with van der Waals surface area (Å²) in [7, 11) is -3.95. The first-order valence-corrected chi connectivity index (χ1v) is 6.70. The molecule has 1 aromatic rings. The number of aliphatic carboxylic acids is 1. The molecule has 3 N–H and O–H groups in total. The van der Waals surface area contributed by atoms with Crippen LogP contribution in [-0.4, -0.2) is 57.8 Å². The number of hydrogen-bond donors (Lipinski definition) is 3. The van der Waals surface area contributed by atoms with Crippen LogP contribution in [0.3, 0.4) is 0 Å². The number of aliphatic hydroxyl groups is 1. The molecule has 2 rings (SSSR count). The number of sulfonamides is 1. The molecule has 2 heterocycles. The molecule has 0 bridgehead atoms. The van der Waals surface area contributed by atoms with Crippen LogP contribution in [0.15, 0.2) is 11.1 Å². The third-order valence-electron chi connectivity index (χ3n) is 2.89. The molecule has 0 aromatic carbocycles. The van der Waals surface area contributed by atoms with Gasteiger partial charge in [-0.1, -0.05) is 0 Å². The zero-order valence-electron chi connectivity index (χ0n) is 9.57. The Hall–Kier alpha value is -1.45. The second-order valence-electron chi connectivity index (χ2n) is 4.18. The molecule has 100 valence electrons. The number of aromatic nitrogens is 2. The first-order valence-electron chi connectivity index (χ1n) is 5.26. The zero-order valence-corrected chi connectivity index (χ0v) is 10.4. The molecule has 0 aliphatic carbocycles. The maximum atomic E-state index is 12.3. The predicted molar refractivity (Wildman–Crippen MR) is 59.3 cm³/mol. The van der Waals surface area contributed by atoms with Gasteiger partial charge in [0.05, 0.1) is 18.0 Å². The van der Waals surface area contributed by atoms with Crippen LogP contribution in [0.1, 0.15) is 12.1 Å². The van der Waals surface area contributed by atoms with Gasteiger partial charge < -0.3 is 10.2 Å². The van der Waals surface area contributed by atoms with Crippen molar-refractivity contribution in [2.75, 3.05) is 6.54 Å². The van der Waals surface area contributed by atoms with Crippen LogP contribution in [0.2, 0.25) is 0 Å². The van der Waals surface area contributed by atoms with Gasteiger partial charge in [-0.3, -0.25) is 9.89 Å². The predicted octanol–water partition coefficient (Wildman–Crippen LogP) is -1.07. The Balaban J connectivity index is 2.41. The molecular formula is C9H13N3O5S. The van der Waals surface area contributed by atoms with Crippen LogP contribution >= 0.6 is 0 Å². The van der Waals surface area contributed by atoms with Gasteiger partial charge in [0.15, 0.2) is 0 Å². The number of rotatable bonds is 3. The number of carbonyl (C=O) groups is 1. The Labute approximate surface area is 103 Å². The van der Waals surface area contributed by atoms with E-state index in [4.69, 9.17) is 5.11 Å². The molecule has 0 unspecified atom stereocenters. The number of nitrogens with zero attached hydrogens (tertiary/aromatic N) is 2. The van der Waals surface area contributed by atoms with Crippen LogP contribution in [0.25, 0.3) is 0 Å². The van der Waals surface area contributed by atoms with Crippen molar-refractivity contribution in [1.82, 2.24) is 14.5 Å². The quantitative estimate of drug-likeness (QED) is 0.645. The van der Waals surface area contributed by atoms with Gasteiger partial charge in [0, 0.05) is 13.0 Å². The van der Waals surface area contributed by atoms with Gasteiger partial charge in [-0.15, -0.1) is 0 Å². The summed E-state index contributed by atoms with van der Waals surface area (Å²) in [5.41, 5.74) is 0.334. The van der Waals surface area contributed by atoms with Crippen LogP contribution in [-0.2, 0) is 14.8 Å². The number of aliphatic hydroxyl groups excluding tert-OH is 1. The van der Waals surface area contributed by atoms with Gasteiger partial charge in [0.2, 0.25) is 10.0 Å². The number of aryl methyl sites for hydroxylation is 1. The molecule has 1 aliphatic heterocycles. The first kappa shape index (κ1) is 13.0. The van der Waals surface area contributed by atoms with Gasteiger partial charge in [-0.25, -0.2) is 8.42 Å². The standard InChI is InChI=1S/C9H13N3O5S/c1-5-8(3-10-11-5)18(16,17)12-4-6(13)2-7(12)9(14)15/h3,6-7,13H,2,4H2,1H3,(H,10,11)(H,14,15)/t6-,7-/m1/s1. The van der Waals surface area contributed by atoms with Crippen molar-refractivity contribution in [1.29, 1.82) is 0 Å². The molecule has 1 aliphatic rings. The lowest BCUT2D eigenvalue weighted by atomic mass is 10.2. The molecule has 2 atom stereocenters. The smallest absolute Gasteiger partial charge is 0.322 e. The minimum Gasteiger partial charge on any atom is -0.480 e. The summed E-state index contributed by atoms with van der Waals surface area (Å²) in [5.74, 6) is -1.27. The summed E-state index contributed by atoms with van der Waals surface area (Å²) in [6, 6.07) is -1.24. The maximum absolute atomic E-state index is 12.3. The largest absolute Gasteiger partial charge is 0.480 e. The van der Waals surface area contributed by atoms with E-state index in [0.29, 0.717) is 5.69 Å². The second kappa shape index (κ2) is 4.34. The number of carboxylic acids is 1. The highest BCUT2D eigenvalue weighted by molar-refractivity contribution is 7.89. The van der Waals surface area contributed by atoms with Crippen molar-refractivity contribution in [2.24, 2.45) is 0 Å². The lowest BCUT2D eigenvalue weighted by Gasteiger charge is -2.20. The van der Waals surface area contributed by atoms with Crippen molar-refractivity contribution >= 4 is 16.0 Å². The average Bonchev–Trinajstić information content (AvgIpc) is 2.84. The molecule has 18 heavy (non-hydrogen) atoms. The van der Waals surface area contributed by atoms with Gasteiger partial charge >= 0.3 is 5.97 Å². The van der Waals surface area contributed by atoms with Crippen molar-refractivity contribution < 1.29 is 23.4 Å². The molecule has 8 nitrogen and oxygen atoms in total. The number of hydrogen-bond acceptors (Lipinski definition) is 5. The summed E-state index contributed by atoms with van der Waals surface area (Å²) >= 11 is 0. The highest BCUT2D eigenvalue weighted by Gasteiger charge is 2.44. The van der Waals surface area contributed by atoms with Gasteiger partial charge in [-0.05, 0) is 6.92 Å². The minimum atomic E-state index is -3.95. The molecular weight excluding hydrogens is 262 g/mol. The topological polar surface area (TPSA) is 124 Å². The number of carboxylic acid groups (broad SMARTS) is 1. The Morgan fingerprint density at radius 3 is 2.78 bits per heavy atom. The Kier molecular flexibility index (Phi) is 3.13. The normalized spacial score (nSPS) is 25.4. The van der Waals surface area contributed by atoms with E-state index in [1.807, 2.05) is 0 Å². The summed E-state index contributed by atoms with van der Waals surface area (Å²) in [4.78, 5) is 11.0. The number of β-amino-alcohol motifs (C(OH)–C–C–N with tert-alkyl or cyclic N) is 1. The van der Waals surface area contributed by atoms with Gasteiger partial charge in [0.25, 0.3) is 0 Å². The van der Waals surface area contributed by atoms with E-state index in [2.05, 4.69) is 10.2 Å². The highest BCUT2D eigenvalue weighted by Crippen LogP contribution is 2.27. The lowest BCUT2D eigenvalue weighted by molar-refractivity contribution is -0.140. The van der Waals surface area contributed by atoms with Crippen LogP contribution in [0, 0.1) is 6.92 Å². The lowest BCUT2D eigenvalue weighted by Crippen LogP contribution is -2.40. The SMILES string of the molecule is Cc1[nH]ncc1S(=O)(=O)N1C[C@H](O)C[C@@H]1C(=O)O. The minimum absolute atomic E-state index is 0.0668. The summed E-state index contributed by atoms with van der Waals surface area (Å²) in [5, 5.41) is 24.5. The van der Waals surface area contributed by atoms with Crippen molar-refractivity contribution in [2.45, 2.75) is 30.4 Å². The monoisotopic (exact) mass is 275 g/mol. The third-order valence-corrected chi connectivity index (χ3v) is 4.88. The molecule has 0 radical (unpaired) electrons. The fourth-order valence-corrected chi connectivity index (χ4v) is 3.75. The zero-order chi connectivity index (χ0) is 13.5. The molecule has 1 saturated heterocycles. The van der Waals surface area contributed by atoms with E-state index >= 15 is 0 Å². The average molecular weight is 275 g/mol. The maximum Gasteiger partial charge on any atom is 0.322 e. The van der Waals surface area contributed by atoms with Crippen LogP contribution < -0.4 is 0 Å². The Bertz CT molecular complexity index is 567. The fraction of sp³-hybridized carbons (Fsp3) is 0.556. The number of H-pyrrole nitrogens is 1. The molecule has 0 saturated carbocycles.